The van der Waals surface area contributed by atoms with E-state index in [1.807, 2.05) is 91.0 Å². The standard InChI is InChI=1S/C28H25NO4/c1-32-28(31)26(16-20-8-4-2-5-9-20)29-27(30)24-13-12-23-18-25(15-14-22(23)17-24)33-19-21-10-6-3-7-11-21/h2-15,17-18,26H,16,19H2,1H3,(H,29,30)/t26-/m0/s1. The van der Waals surface area contributed by atoms with Crippen LogP contribution in [0.4, 0.5) is 0 Å². The molecule has 0 bridgehead atoms. The average Bonchev–Trinajstić information content (AvgIpc) is 2.87. The van der Waals surface area contributed by atoms with Gasteiger partial charge in [0.2, 0.25) is 0 Å². The molecule has 0 aromatic heterocycles. The van der Waals surface area contributed by atoms with E-state index >= 15 is 0 Å². The van der Waals surface area contributed by atoms with Crippen LogP contribution >= 0.6 is 0 Å². The van der Waals surface area contributed by atoms with Crippen molar-refractivity contribution >= 4 is 22.6 Å². The molecule has 5 heteroatoms. The fraction of sp³-hybridized carbons (Fsp3) is 0.143. The van der Waals surface area contributed by atoms with Crippen LogP contribution in [0.3, 0.4) is 0 Å². The minimum atomic E-state index is -0.769. The Morgan fingerprint density at radius 2 is 1.42 bits per heavy atom. The molecule has 1 amide bonds. The Labute approximate surface area is 193 Å². The monoisotopic (exact) mass is 439 g/mol. The van der Waals surface area contributed by atoms with Crippen molar-refractivity contribution in [3.63, 3.8) is 0 Å². The van der Waals surface area contributed by atoms with Gasteiger partial charge >= 0.3 is 5.97 Å². The minimum Gasteiger partial charge on any atom is -0.489 e. The van der Waals surface area contributed by atoms with Crippen LogP contribution in [-0.4, -0.2) is 25.0 Å². The number of amides is 1. The van der Waals surface area contributed by atoms with Gasteiger partial charge in [-0.1, -0.05) is 72.8 Å². The van der Waals surface area contributed by atoms with Gasteiger partial charge < -0.3 is 14.8 Å². The van der Waals surface area contributed by atoms with E-state index in [2.05, 4.69) is 5.32 Å². The molecule has 0 radical (unpaired) electrons. The van der Waals surface area contributed by atoms with Gasteiger partial charge in [0, 0.05) is 12.0 Å². The number of hydrogen-bond donors (Lipinski definition) is 1. The maximum Gasteiger partial charge on any atom is 0.328 e. The van der Waals surface area contributed by atoms with Gasteiger partial charge in [0.15, 0.2) is 0 Å². The molecule has 5 nitrogen and oxygen atoms in total. The van der Waals surface area contributed by atoms with Gasteiger partial charge in [-0.05, 0) is 46.2 Å². The molecule has 4 aromatic rings. The fourth-order valence-electron chi connectivity index (χ4n) is 3.62. The number of esters is 1. The summed E-state index contributed by atoms with van der Waals surface area (Å²) in [5.41, 5.74) is 2.51. The summed E-state index contributed by atoms with van der Waals surface area (Å²) in [4.78, 5) is 25.1. The highest BCUT2D eigenvalue weighted by atomic mass is 16.5. The molecule has 0 saturated carbocycles. The Kier molecular flexibility index (Phi) is 7.00. The van der Waals surface area contributed by atoms with Crippen LogP contribution in [0.15, 0.2) is 97.1 Å². The second kappa shape index (κ2) is 10.5. The fourth-order valence-corrected chi connectivity index (χ4v) is 3.62. The van der Waals surface area contributed by atoms with Crippen molar-refractivity contribution in [2.24, 2.45) is 0 Å². The number of methoxy groups -OCH3 is 1. The van der Waals surface area contributed by atoms with Crippen LogP contribution in [0.2, 0.25) is 0 Å². The first-order valence-corrected chi connectivity index (χ1v) is 10.8. The third-order valence-electron chi connectivity index (χ3n) is 5.40. The number of benzene rings is 4. The van der Waals surface area contributed by atoms with E-state index in [0.717, 1.165) is 27.6 Å². The first-order valence-electron chi connectivity index (χ1n) is 10.8. The molecule has 0 saturated heterocycles. The number of nitrogens with one attached hydrogen (secondary N) is 1. The van der Waals surface area contributed by atoms with Crippen molar-refractivity contribution in [2.45, 2.75) is 19.1 Å². The molecule has 0 fully saturated rings. The quantitative estimate of drug-likeness (QED) is 0.395. The molecule has 0 aliphatic carbocycles. The van der Waals surface area contributed by atoms with Gasteiger partial charge in [-0.15, -0.1) is 0 Å². The van der Waals surface area contributed by atoms with E-state index in [0.29, 0.717) is 18.6 Å². The molecule has 0 heterocycles. The first kappa shape index (κ1) is 22.1. The molecule has 1 N–H and O–H groups in total. The minimum absolute atomic E-state index is 0.326. The second-order valence-electron chi connectivity index (χ2n) is 7.74. The zero-order valence-corrected chi connectivity index (χ0v) is 18.4. The molecular formula is C28H25NO4. The Bertz CT molecular complexity index is 1240. The number of fused-ring (bicyclic) bond motifs is 1. The Morgan fingerprint density at radius 3 is 2.12 bits per heavy atom. The van der Waals surface area contributed by atoms with Crippen molar-refractivity contribution in [3.05, 3.63) is 114 Å². The van der Waals surface area contributed by atoms with E-state index in [4.69, 9.17) is 9.47 Å². The van der Waals surface area contributed by atoms with E-state index in [1.165, 1.54) is 7.11 Å². The second-order valence-corrected chi connectivity index (χ2v) is 7.74. The zero-order chi connectivity index (χ0) is 23.0. The smallest absolute Gasteiger partial charge is 0.328 e. The van der Waals surface area contributed by atoms with Crippen molar-refractivity contribution < 1.29 is 19.1 Å². The van der Waals surface area contributed by atoms with Crippen LogP contribution in [0.25, 0.3) is 10.8 Å². The SMILES string of the molecule is COC(=O)[C@H](Cc1ccccc1)NC(=O)c1ccc2cc(OCc3ccccc3)ccc2c1. The summed E-state index contributed by atoms with van der Waals surface area (Å²) in [5, 5.41) is 4.68. The molecule has 1 atom stereocenters. The predicted molar refractivity (Wildman–Crippen MR) is 128 cm³/mol. The van der Waals surface area contributed by atoms with E-state index in [9.17, 15) is 9.59 Å². The molecular weight excluding hydrogens is 414 g/mol. The summed E-state index contributed by atoms with van der Waals surface area (Å²) in [5.74, 6) is -0.0435. The predicted octanol–water partition coefficient (Wildman–Crippen LogP) is 4.93. The lowest BCUT2D eigenvalue weighted by atomic mass is 10.0. The van der Waals surface area contributed by atoms with Gasteiger partial charge in [0.05, 0.1) is 7.11 Å². The summed E-state index contributed by atoms with van der Waals surface area (Å²) in [7, 11) is 1.32. The summed E-state index contributed by atoms with van der Waals surface area (Å²) in [6.07, 6.45) is 0.356. The molecule has 4 rings (SSSR count). The van der Waals surface area contributed by atoms with E-state index in [1.54, 1.807) is 6.07 Å². The van der Waals surface area contributed by atoms with Crippen LogP contribution in [0.5, 0.6) is 5.75 Å². The molecule has 0 unspecified atom stereocenters. The summed E-state index contributed by atoms with van der Waals surface area (Å²) >= 11 is 0. The summed E-state index contributed by atoms with van der Waals surface area (Å²) in [6.45, 7) is 0.489. The highest BCUT2D eigenvalue weighted by Crippen LogP contribution is 2.23. The Balaban J connectivity index is 1.46. The third kappa shape index (κ3) is 5.77. The van der Waals surface area contributed by atoms with E-state index < -0.39 is 12.0 Å². The van der Waals surface area contributed by atoms with Crippen molar-refractivity contribution in [1.82, 2.24) is 5.32 Å². The van der Waals surface area contributed by atoms with Gasteiger partial charge in [0.25, 0.3) is 5.91 Å². The Morgan fingerprint density at radius 1 is 0.788 bits per heavy atom. The summed E-state index contributed by atoms with van der Waals surface area (Å²) < 4.78 is 10.8. The highest BCUT2D eigenvalue weighted by Gasteiger charge is 2.22. The van der Waals surface area contributed by atoms with Crippen LogP contribution in [0, 0.1) is 0 Å². The lowest BCUT2D eigenvalue weighted by Crippen LogP contribution is -2.43. The third-order valence-corrected chi connectivity index (χ3v) is 5.40. The molecule has 0 aliphatic heterocycles. The largest absolute Gasteiger partial charge is 0.489 e. The summed E-state index contributed by atoms with van der Waals surface area (Å²) in [6, 6.07) is 29.9. The number of hydrogen-bond acceptors (Lipinski definition) is 4. The maximum absolute atomic E-state index is 12.9. The van der Waals surface area contributed by atoms with Gasteiger partial charge in [-0.3, -0.25) is 4.79 Å². The number of rotatable bonds is 8. The van der Waals surface area contributed by atoms with E-state index in [-0.39, 0.29) is 5.91 Å². The van der Waals surface area contributed by atoms with Gasteiger partial charge in [-0.2, -0.15) is 0 Å². The molecule has 0 aliphatic rings. The maximum atomic E-state index is 12.9. The van der Waals surface area contributed by atoms with Crippen LogP contribution in [-0.2, 0) is 22.6 Å². The molecule has 33 heavy (non-hydrogen) atoms. The van der Waals surface area contributed by atoms with Gasteiger partial charge in [-0.25, -0.2) is 4.79 Å². The molecule has 166 valence electrons. The topological polar surface area (TPSA) is 64.6 Å². The van der Waals surface area contributed by atoms with Crippen LogP contribution in [0.1, 0.15) is 21.5 Å². The average molecular weight is 440 g/mol. The number of ether oxygens (including phenoxy) is 2. The number of carbonyl (C=O) groups excluding carboxylic acids is 2. The highest BCUT2D eigenvalue weighted by molar-refractivity contribution is 6.00. The Hall–Kier alpha value is -4.12. The molecule has 0 spiro atoms. The number of carbonyl (C=O) groups is 2. The lowest BCUT2D eigenvalue weighted by molar-refractivity contribution is -0.142. The van der Waals surface area contributed by atoms with Crippen molar-refractivity contribution in [3.8, 4) is 5.75 Å². The first-order chi connectivity index (χ1) is 16.1. The van der Waals surface area contributed by atoms with Crippen molar-refractivity contribution in [1.29, 1.82) is 0 Å². The lowest BCUT2D eigenvalue weighted by Gasteiger charge is -2.17. The molecule has 4 aromatic carbocycles. The van der Waals surface area contributed by atoms with Crippen LogP contribution < -0.4 is 10.1 Å². The van der Waals surface area contributed by atoms with Crippen molar-refractivity contribution in [2.75, 3.05) is 7.11 Å². The zero-order valence-electron chi connectivity index (χ0n) is 18.4. The van der Waals surface area contributed by atoms with Gasteiger partial charge in [0.1, 0.15) is 18.4 Å². The normalized spacial score (nSPS) is 11.5.